The summed E-state index contributed by atoms with van der Waals surface area (Å²) in [6.45, 7) is 0. The monoisotopic (exact) mass is 410 g/mol. The average molecular weight is 411 g/mol. The molecular formula is C21H18N2OS3. The second-order valence-electron chi connectivity index (χ2n) is 6.44. The number of hydrogen-bond donors (Lipinski definition) is 1. The van der Waals surface area contributed by atoms with Crippen molar-refractivity contribution in [1.29, 1.82) is 5.26 Å². The zero-order valence-electron chi connectivity index (χ0n) is 14.6. The van der Waals surface area contributed by atoms with E-state index in [1.165, 1.54) is 22.2 Å². The van der Waals surface area contributed by atoms with Crippen molar-refractivity contribution in [2.24, 2.45) is 0 Å². The van der Waals surface area contributed by atoms with Gasteiger partial charge in [-0.05, 0) is 47.8 Å². The van der Waals surface area contributed by atoms with Crippen molar-refractivity contribution in [2.45, 2.75) is 29.4 Å². The largest absolute Gasteiger partial charge is 0.316 e. The number of fused-ring (bicyclic) bond motifs is 1. The number of nitrogens with one attached hydrogen (secondary N) is 1. The van der Waals surface area contributed by atoms with E-state index in [0.717, 1.165) is 29.0 Å². The van der Waals surface area contributed by atoms with E-state index in [4.69, 9.17) is 0 Å². The van der Waals surface area contributed by atoms with Gasteiger partial charge in [-0.3, -0.25) is 4.79 Å². The summed E-state index contributed by atoms with van der Waals surface area (Å²) in [5.41, 5.74) is 3.15. The Morgan fingerprint density at radius 2 is 2.11 bits per heavy atom. The van der Waals surface area contributed by atoms with Crippen LogP contribution in [0.15, 0.2) is 52.1 Å². The van der Waals surface area contributed by atoms with Crippen LogP contribution >= 0.6 is 34.4 Å². The molecule has 2 aromatic heterocycles. The third-order valence-corrected chi connectivity index (χ3v) is 8.04. The molecule has 1 atom stereocenters. The van der Waals surface area contributed by atoms with Crippen molar-refractivity contribution in [3.8, 4) is 6.07 Å². The highest BCUT2D eigenvalue weighted by Crippen LogP contribution is 2.42. The summed E-state index contributed by atoms with van der Waals surface area (Å²) in [6.07, 6.45) is 2.89. The maximum Gasteiger partial charge on any atom is 0.235 e. The summed E-state index contributed by atoms with van der Waals surface area (Å²) in [5, 5.41) is 15.3. The quantitative estimate of drug-likeness (QED) is 0.550. The molecular weight excluding hydrogens is 392 g/mol. The summed E-state index contributed by atoms with van der Waals surface area (Å²) < 4.78 is 1.13. The average Bonchev–Trinajstić information content (AvgIpc) is 3.33. The lowest BCUT2D eigenvalue weighted by atomic mass is 9.83. The summed E-state index contributed by atoms with van der Waals surface area (Å²) in [5.74, 6) is 0.797. The molecule has 1 aliphatic rings. The minimum Gasteiger partial charge on any atom is -0.316 e. The highest BCUT2D eigenvalue weighted by atomic mass is 32.2. The van der Waals surface area contributed by atoms with Gasteiger partial charge >= 0.3 is 0 Å². The van der Waals surface area contributed by atoms with Gasteiger partial charge in [0.15, 0.2) is 0 Å². The van der Waals surface area contributed by atoms with Crippen LogP contribution in [0.4, 0.5) is 5.00 Å². The van der Waals surface area contributed by atoms with Gasteiger partial charge in [0.25, 0.3) is 0 Å². The topological polar surface area (TPSA) is 52.9 Å². The highest BCUT2D eigenvalue weighted by Gasteiger charge is 2.27. The lowest BCUT2D eigenvalue weighted by Crippen LogP contribution is -2.14. The fraction of sp³-hybridized carbons (Fsp3) is 0.238. The van der Waals surface area contributed by atoms with Gasteiger partial charge in [-0.25, -0.2) is 0 Å². The number of thioether (sulfide) groups is 1. The van der Waals surface area contributed by atoms with Gasteiger partial charge in [-0.15, -0.1) is 34.4 Å². The number of anilines is 1. The van der Waals surface area contributed by atoms with Crippen LogP contribution in [0.1, 0.15) is 33.9 Å². The molecule has 1 aliphatic carbocycles. The minimum absolute atomic E-state index is 0.0527. The fourth-order valence-corrected chi connectivity index (χ4v) is 6.33. The number of carbonyl (C=O) groups excluding carboxylic acids is 1. The van der Waals surface area contributed by atoms with E-state index in [1.807, 2.05) is 23.6 Å². The molecule has 3 aromatic rings. The van der Waals surface area contributed by atoms with E-state index >= 15 is 0 Å². The Morgan fingerprint density at radius 3 is 2.85 bits per heavy atom. The van der Waals surface area contributed by atoms with E-state index in [0.29, 0.717) is 22.2 Å². The fourth-order valence-electron chi connectivity index (χ4n) is 3.45. The number of rotatable bonds is 5. The molecule has 1 N–H and O–H groups in total. The zero-order chi connectivity index (χ0) is 18.6. The van der Waals surface area contributed by atoms with Crippen molar-refractivity contribution < 1.29 is 4.79 Å². The molecule has 1 amide bonds. The molecule has 1 aromatic carbocycles. The summed E-state index contributed by atoms with van der Waals surface area (Å²) in [7, 11) is 0. The zero-order valence-corrected chi connectivity index (χ0v) is 17.1. The lowest BCUT2D eigenvalue weighted by Gasteiger charge is -2.22. The highest BCUT2D eigenvalue weighted by molar-refractivity contribution is 8.01. The van der Waals surface area contributed by atoms with Crippen LogP contribution in [0, 0.1) is 11.3 Å². The van der Waals surface area contributed by atoms with Crippen LogP contribution in [0.25, 0.3) is 0 Å². The van der Waals surface area contributed by atoms with Crippen molar-refractivity contribution in [3.63, 3.8) is 0 Å². The molecule has 0 saturated carbocycles. The first-order valence-corrected chi connectivity index (χ1v) is 11.5. The summed E-state index contributed by atoms with van der Waals surface area (Å²) in [6, 6.07) is 16.9. The van der Waals surface area contributed by atoms with E-state index in [-0.39, 0.29) is 5.91 Å². The number of thiophene rings is 2. The molecule has 0 aliphatic heterocycles. The van der Waals surface area contributed by atoms with Crippen LogP contribution in [0.3, 0.4) is 0 Å². The number of carbonyl (C=O) groups is 1. The Labute approximate surface area is 171 Å². The number of benzene rings is 1. The van der Waals surface area contributed by atoms with E-state index in [2.05, 4.69) is 35.7 Å². The number of nitriles is 1. The predicted molar refractivity (Wildman–Crippen MR) is 114 cm³/mol. The Bertz CT molecular complexity index is 971. The first kappa shape index (κ1) is 18.3. The summed E-state index contributed by atoms with van der Waals surface area (Å²) >= 11 is 4.74. The molecule has 0 bridgehead atoms. The van der Waals surface area contributed by atoms with Crippen molar-refractivity contribution >= 4 is 45.3 Å². The van der Waals surface area contributed by atoms with Crippen molar-refractivity contribution in [1.82, 2.24) is 0 Å². The second-order valence-corrected chi connectivity index (χ2v) is 9.77. The van der Waals surface area contributed by atoms with Crippen LogP contribution in [0.2, 0.25) is 0 Å². The molecule has 27 heavy (non-hydrogen) atoms. The molecule has 0 saturated heterocycles. The van der Waals surface area contributed by atoms with Gasteiger partial charge in [0.05, 0.1) is 15.5 Å². The number of amides is 1. The van der Waals surface area contributed by atoms with Crippen LogP contribution in [0.5, 0.6) is 0 Å². The molecule has 2 heterocycles. The molecule has 0 radical (unpaired) electrons. The Morgan fingerprint density at radius 1 is 1.26 bits per heavy atom. The van der Waals surface area contributed by atoms with Crippen molar-refractivity contribution in [3.05, 3.63) is 69.4 Å². The molecule has 0 spiro atoms. The molecule has 6 heteroatoms. The Balaban J connectivity index is 1.48. The molecule has 3 nitrogen and oxygen atoms in total. The standard InChI is InChI=1S/C21H18N2OS3/c22-12-17-16-9-8-15(14-5-2-1-3-6-14)11-18(16)27-21(17)23-19(24)13-26-20-7-4-10-25-20/h1-7,10,15H,8-9,11,13H2,(H,23,24)/t15-/m0/s1. The number of nitrogens with zero attached hydrogens (tertiary/aromatic N) is 1. The van der Waals surface area contributed by atoms with E-state index in [9.17, 15) is 10.1 Å². The van der Waals surface area contributed by atoms with Gasteiger partial charge in [-0.2, -0.15) is 5.26 Å². The van der Waals surface area contributed by atoms with Gasteiger partial charge < -0.3 is 5.32 Å². The molecule has 0 fully saturated rings. The maximum atomic E-state index is 12.3. The minimum atomic E-state index is -0.0527. The first-order chi connectivity index (χ1) is 13.2. The van der Waals surface area contributed by atoms with Crippen LogP contribution < -0.4 is 5.32 Å². The van der Waals surface area contributed by atoms with Gasteiger partial charge in [-0.1, -0.05) is 36.4 Å². The maximum absolute atomic E-state index is 12.3. The normalized spacial score (nSPS) is 15.7. The molecule has 4 rings (SSSR count). The third-order valence-electron chi connectivity index (χ3n) is 4.74. The van der Waals surface area contributed by atoms with Crippen LogP contribution in [-0.4, -0.2) is 11.7 Å². The SMILES string of the molecule is N#Cc1c(NC(=O)CSc2cccs2)sc2c1CC[C@H](c1ccccc1)C2. The van der Waals surface area contributed by atoms with Gasteiger partial charge in [0.2, 0.25) is 5.91 Å². The smallest absolute Gasteiger partial charge is 0.235 e. The molecule has 0 unspecified atom stereocenters. The van der Waals surface area contributed by atoms with E-state index < -0.39 is 0 Å². The second kappa shape index (κ2) is 8.30. The number of hydrogen-bond acceptors (Lipinski definition) is 5. The first-order valence-electron chi connectivity index (χ1n) is 8.80. The van der Waals surface area contributed by atoms with Crippen LogP contribution in [-0.2, 0) is 17.6 Å². The third kappa shape index (κ3) is 4.11. The predicted octanol–water partition coefficient (Wildman–Crippen LogP) is 5.68. The van der Waals surface area contributed by atoms with Gasteiger partial charge in [0.1, 0.15) is 11.1 Å². The lowest BCUT2D eigenvalue weighted by molar-refractivity contribution is -0.113. The van der Waals surface area contributed by atoms with E-state index in [1.54, 1.807) is 22.7 Å². The Kier molecular flexibility index (Phi) is 5.63. The summed E-state index contributed by atoms with van der Waals surface area (Å²) in [4.78, 5) is 13.6. The molecule has 136 valence electrons. The Hall–Kier alpha value is -2.07. The van der Waals surface area contributed by atoms with Gasteiger partial charge in [0, 0.05) is 4.88 Å². The van der Waals surface area contributed by atoms with Crippen molar-refractivity contribution in [2.75, 3.05) is 11.1 Å².